The maximum Gasteiger partial charge on any atom is 0.411 e. The topological polar surface area (TPSA) is 102 Å². The van der Waals surface area contributed by atoms with E-state index in [-0.39, 0.29) is 34.8 Å². The first-order chi connectivity index (χ1) is 15.0. The van der Waals surface area contributed by atoms with Crippen LogP contribution in [-0.4, -0.2) is 27.3 Å². The summed E-state index contributed by atoms with van der Waals surface area (Å²) in [6.07, 6.45) is -4.86. The van der Waals surface area contributed by atoms with E-state index >= 15 is 0 Å². The monoisotopic (exact) mass is 465 g/mol. The molecule has 4 rings (SSSR count). The van der Waals surface area contributed by atoms with Crippen LogP contribution in [0, 0.1) is 0 Å². The first-order valence-corrected chi connectivity index (χ1v) is 10.1. The molecule has 2 aromatic carbocycles. The summed E-state index contributed by atoms with van der Waals surface area (Å²) >= 11 is 6.22. The number of hydrogen-bond acceptors (Lipinski definition) is 4. The van der Waals surface area contributed by atoms with Gasteiger partial charge in [0.2, 0.25) is 0 Å². The van der Waals surface area contributed by atoms with Crippen LogP contribution < -0.4 is 21.9 Å². The standard InChI is InChI=1S/C21H19ClF3N5O2/c1-11(26)17-28-15-7-3-6-14(22)16(15)18(31)30(17)13-5-2-4-12(10-13)27-19(32)29-20(8-9-20)21(23,24)25/h2-7,10-11H,8-9,26H2,1H3,(H2,27,29,32). The molecule has 0 aliphatic heterocycles. The van der Waals surface area contributed by atoms with Crippen LogP contribution >= 0.6 is 11.6 Å². The molecule has 0 radical (unpaired) electrons. The summed E-state index contributed by atoms with van der Waals surface area (Å²) in [6, 6.07) is 9.37. The molecule has 1 unspecified atom stereocenters. The Morgan fingerprint density at radius 3 is 2.56 bits per heavy atom. The number of nitrogens with zero attached hydrogens (tertiary/aromatic N) is 2. The molecule has 0 bridgehead atoms. The minimum absolute atomic E-state index is 0.166. The molecule has 3 aromatic rings. The molecule has 1 saturated carbocycles. The Hall–Kier alpha value is -3.11. The van der Waals surface area contributed by atoms with Crippen molar-refractivity contribution in [2.75, 3.05) is 5.32 Å². The van der Waals surface area contributed by atoms with Crippen molar-refractivity contribution >= 4 is 34.2 Å². The molecule has 2 amide bonds. The third-order valence-electron chi connectivity index (χ3n) is 5.29. The van der Waals surface area contributed by atoms with Gasteiger partial charge < -0.3 is 16.4 Å². The minimum atomic E-state index is -4.53. The number of amides is 2. The number of nitrogens with two attached hydrogens (primary N) is 1. The van der Waals surface area contributed by atoms with Gasteiger partial charge in [-0.05, 0) is 50.1 Å². The average Bonchev–Trinajstić information content (AvgIpc) is 3.48. The van der Waals surface area contributed by atoms with Crippen molar-refractivity contribution in [3.05, 3.63) is 63.7 Å². The van der Waals surface area contributed by atoms with E-state index in [0.717, 1.165) is 0 Å². The molecule has 1 aliphatic rings. The van der Waals surface area contributed by atoms with Gasteiger partial charge >= 0.3 is 12.2 Å². The van der Waals surface area contributed by atoms with Crippen molar-refractivity contribution in [2.45, 2.75) is 37.5 Å². The van der Waals surface area contributed by atoms with Crippen molar-refractivity contribution in [1.29, 1.82) is 0 Å². The molecule has 0 spiro atoms. The number of nitrogens with one attached hydrogen (secondary N) is 2. The summed E-state index contributed by atoms with van der Waals surface area (Å²) in [6.45, 7) is 1.66. The van der Waals surface area contributed by atoms with E-state index in [2.05, 4.69) is 10.3 Å². The predicted octanol–water partition coefficient (Wildman–Crippen LogP) is 4.28. The Labute approximate surface area is 185 Å². The summed E-state index contributed by atoms with van der Waals surface area (Å²) in [7, 11) is 0. The second-order valence-electron chi connectivity index (χ2n) is 7.74. The Balaban J connectivity index is 1.71. The fourth-order valence-corrected chi connectivity index (χ4v) is 3.72. The van der Waals surface area contributed by atoms with E-state index in [1.54, 1.807) is 37.3 Å². The molecule has 1 atom stereocenters. The van der Waals surface area contributed by atoms with Crippen LogP contribution in [0.25, 0.3) is 16.6 Å². The molecule has 32 heavy (non-hydrogen) atoms. The van der Waals surface area contributed by atoms with Gasteiger partial charge in [-0.2, -0.15) is 13.2 Å². The number of carbonyl (C=O) groups excluding carboxylic acids is 1. The molecule has 4 N–H and O–H groups in total. The van der Waals surface area contributed by atoms with E-state index in [0.29, 0.717) is 11.2 Å². The van der Waals surface area contributed by atoms with Crippen molar-refractivity contribution in [3.63, 3.8) is 0 Å². The summed E-state index contributed by atoms with van der Waals surface area (Å²) in [5, 5.41) is 4.82. The van der Waals surface area contributed by atoms with Crippen LogP contribution in [0.5, 0.6) is 0 Å². The summed E-state index contributed by atoms with van der Waals surface area (Å²) in [4.78, 5) is 29.9. The highest BCUT2D eigenvalue weighted by Crippen LogP contribution is 2.48. The molecule has 1 aliphatic carbocycles. The normalized spacial score (nSPS) is 15.9. The van der Waals surface area contributed by atoms with E-state index < -0.39 is 29.3 Å². The lowest BCUT2D eigenvalue weighted by atomic mass is 10.2. The molecule has 11 heteroatoms. The zero-order valence-electron chi connectivity index (χ0n) is 16.8. The highest BCUT2D eigenvalue weighted by molar-refractivity contribution is 6.35. The summed E-state index contributed by atoms with van der Waals surface area (Å²) in [5.74, 6) is 0.264. The van der Waals surface area contributed by atoms with Crippen molar-refractivity contribution in [1.82, 2.24) is 14.9 Å². The first-order valence-electron chi connectivity index (χ1n) is 9.75. The second-order valence-corrected chi connectivity index (χ2v) is 8.15. The van der Waals surface area contributed by atoms with Crippen molar-refractivity contribution in [2.24, 2.45) is 5.73 Å². The highest BCUT2D eigenvalue weighted by atomic mass is 35.5. The lowest BCUT2D eigenvalue weighted by molar-refractivity contribution is -0.162. The van der Waals surface area contributed by atoms with Crippen molar-refractivity contribution < 1.29 is 18.0 Å². The third-order valence-corrected chi connectivity index (χ3v) is 5.60. The maximum atomic E-state index is 13.3. The number of benzene rings is 2. The number of carbonyl (C=O) groups is 1. The van der Waals surface area contributed by atoms with Crippen LogP contribution in [0.2, 0.25) is 5.02 Å². The third kappa shape index (κ3) is 3.91. The van der Waals surface area contributed by atoms with Gasteiger partial charge in [0.25, 0.3) is 5.56 Å². The smallest absolute Gasteiger partial charge is 0.323 e. The van der Waals surface area contributed by atoms with Crippen LogP contribution in [0.4, 0.5) is 23.7 Å². The number of halogens is 4. The summed E-state index contributed by atoms with van der Waals surface area (Å²) in [5.41, 5.74) is 4.31. The lowest BCUT2D eigenvalue weighted by Gasteiger charge is -2.21. The van der Waals surface area contributed by atoms with Crippen LogP contribution in [-0.2, 0) is 0 Å². The number of aromatic nitrogens is 2. The van der Waals surface area contributed by atoms with Crippen molar-refractivity contribution in [3.8, 4) is 5.69 Å². The Morgan fingerprint density at radius 2 is 1.94 bits per heavy atom. The molecule has 1 fully saturated rings. The second kappa shape index (κ2) is 7.79. The average molecular weight is 466 g/mol. The van der Waals surface area contributed by atoms with E-state index in [9.17, 15) is 22.8 Å². The fraction of sp³-hybridized carbons (Fsp3) is 0.286. The van der Waals surface area contributed by atoms with Gasteiger partial charge in [0.15, 0.2) is 0 Å². The Bertz CT molecular complexity index is 1270. The number of anilines is 1. The van der Waals surface area contributed by atoms with Gasteiger partial charge in [0, 0.05) is 5.69 Å². The van der Waals surface area contributed by atoms with Gasteiger partial charge in [-0.25, -0.2) is 9.78 Å². The number of fused-ring (bicyclic) bond motifs is 1. The lowest BCUT2D eigenvalue weighted by Crippen LogP contribution is -2.49. The van der Waals surface area contributed by atoms with Gasteiger partial charge in [-0.15, -0.1) is 0 Å². The van der Waals surface area contributed by atoms with Crippen LogP contribution in [0.3, 0.4) is 0 Å². The zero-order chi connectivity index (χ0) is 23.3. The molecular weight excluding hydrogens is 447 g/mol. The van der Waals surface area contributed by atoms with E-state index in [1.807, 2.05) is 5.32 Å². The Kier molecular flexibility index (Phi) is 5.38. The first kappa shape index (κ1) is 22.1. The molecule has 0 saturated heterocycles. The predicted molar refractivity (Wildman–Crippen MR) is 115 cm³/mol. The van der Waals surface area contributed by atoms with Crippen LogP contribution in [0.1, 0.15) is 31.6 Å². The number of alkyl halides is 3. The molecule has 1 aromatic heterocycles. The van der Waals surface area contributed by atoms with E-state index in [1.165, 1.54) is 16.7 Å². The van der Waals surface area contributed by atoms with Gasteiger partial charge in [-0.3, -0.25) is 9.36 Å². The zero-order valence-corrected chi connectivity index (χ0v) is 17.6. The SMILES string of the molecule is CC(N)c1nc2cccc(Cl)c2c(=O)n1-c1cccc(NC(=O)NC2(C(F)(F)F)CC2)c1. The molecule has 168 valence electrons. The Morgan fingerprint density at radius 1 is 1.25 bits per heavy atom. The van der Waals surface area contributed by atoms with Gasteiger partial charge in [0.1, 0.15) is 11.4 Å². The minimum Gasteiger partial charge on any atom is -0.323 e. The van der Waals surface area contributed by atoms with Gasteiger partial charge in [-0.1, -0.05) is 23.7 Å². The number of urea groups is 1. The molecule has 1 heterocycles. The molecular formula is C21H19ClF3N5O2. The number of rotatable bonds is 4. The van der Waals surface area contributed by atoms with Gasteiger partial charge in [0.05, 0.1) is 27.7 Å². The summed E-state index contributed by atoms with van der Waals surface area (Å²) < 4.78 is 40.6. The maximum absolute atomic E-state index is 13.3. The largest absolute Gasteiger partial charge is 0.411 e. The highest BCUT2D eigenvalue weighted by Gasteiger charge is 2.64. The quantitative estimate of drug-likeness (QED) is 0.535. The number of hydrogen-bond donors (Lipinski definition) is 3. The molecule has 7 nitrogen and oxygen atoms in total. The van der Waals surface area contributed by atoms with Crippen LogP contribution in [0.15, 0.2) is 47.3 Å². The fourth-order valence-electron chi connectivity index (χ4n) is 3.47. The van der Waals surface area contributed by atoms with E-state index in [4.69, 9.17) is 17.3 Å².